The quantitative estimate of drug-likeness (QED) is 0.563. The lowest BCUT2D eigenvalue weighted by atomic mass is 10.0. The molecule has 1 unspecified atom stereocenters. The van der Waals surface area contributed by atoms with Gasteiger partial charge in [0.15, 0.2) is 0 Å². The minimum Gasteiger partial charge on any atom is -0.750 e. The molecule has 2 heterocycles. The SMILES string of the molecule is O=C(O)CCCN1CCC(O[C@@H](c2ccc(Cl)cc2)c2ccccn2)CC1.O=S([O-])O. The largest absolute Gasteiger partial charge is 0.750 e. The van der Waals surface area contributed by atoms with Crippen LogP contribution in [0.25, 0.3) is 0 Å². The van der Waals surface area contributed by atoms with Gasteiger partial charge in [-0.3, -0.25) is 9.78 Å². The Morgan fingerprint density at radius 2 is 1.90 bits per heavy atom. The molecule has 0 aliphatic carbocycles. The molecule has 1 fully saturated rings. The van der Waals surface area contributed by atoms with Gasteiger partial charge in [-0.1, -0.05) is 29.8 Å². The molecule has 31 heavy (non-hydrogen) atoms. The number of rotatable bonds is 8. The molecule has 2 N–H and O–H groups in total. The first kappa shape index (κ1) is 25.4. The summed E-state index contributed by atoms with van der Waals surface area (Å²) >= 11 is 3.17. The van der Waals surface area contributed by atoms with Crippen LogP contribution < -0.4 is 0 Å². The van der Waals surface area contributed by atoms with Crippen molar-refractivity contribution in [2.45, 2.75) is 37.9 Å². The number of carbonyl (C=O) groups is 1. The molecule has 170 valence electrons. The number of carboxylic acid groups (broad SMARTS) is 1. The molecule has 1 aromatic carbocycles. The number of carboxylic acids is 1. The van der Waals surface area contributed by atoms with E-state index in [0.29, 0.717) is 11.4 Å². The number of aliphatic carboxylic acids is 1. The van der Waals surface area contributed by atoms with E-state index in [1.807, 2.05) is 42.5 Å². The average Bonchev–Trinajstić information content (AvgIpc) is 2.74. The number of hydrogen-bond acceptors (Lipinski definition) is 6. The smallest absolute Gasteiger partial charge is 0.303 e. The molecule has 10 heteroatoms. The molecular weight excluding hydrogens is 444 g/mol. The maximum atomic E-state index is 10.7. The third-order valence-electron chi connectivity index (χ3n) is 4.86. The summed E-state index contributed by atoms with van der Waals surface area (Å²) in [6, 6.07) is 13.6. The van der Waals surface area contributed by atoms with Crippen molar-refractivity contribution in [1.82, 2.24) is 9.88 Å². The van der Waals surface area contributed by atoms with E-state index >= 15 is 0 Å². The van der Waals surface area contributed by atoms with Gasteiger partial charge in [0, 0.05) is 30.7 Å². The standard InChI is InChI=1S/C21H25ClN2O3.H2O3S/c22-17-8-6-16(7-9-17)21(19-4-1-2-12-23-19)27-18-10-14-24(15-11-18)13-3-5-20(25)26;1-4(2)3/h1-2,4,6-9,12,18,21H,3,5,10-11,13-15H2,(H,25,26);(H2,1,2,3)/p-1/t21-;/m0./s1. The molecular formula is C21H26ClN2O6S-. The van der Waals surface area contributed by atoms with Crippen molar-refractivity contribution >= 4 is 28.9 Å². The van der Waals surface area contributed by atoms with Gasteiger partial charge < -0.3 is 23.8 Å². The van der Waals surface area contributed by atoms with Crippen LogP contribution in [0.4, 0.5) is 0 Å². The van der Waals surface area contributed by atoms with Crippen molar-refractivity contribution < 1.29 is 28.0 Å². The summed E-state index contributed by atoms with van der Waals surface area (Å²) in [6.07, 6.45) is 4.52. The van der Waals surface area contributed by atoms with Crippen LogP contribution >= 0.6 is 11.6 Å². The molecule has 0 bridgehead atoms. The fourth-order valence-electron chi connectivity index (χ4n) is 3.40. The van der Waals surface area contributed by atoms with Crippen LogP contribution in [0.2, 0.25) is 5.02 Å². The summed E-state index contributed by atoms with van der Waals surface area (Å²) in [4.78, 5) is 17.5. The van der Waals surface area contributed by atoms with E-state index in [1.54, 1.807) is 6.20 Å². The number of hydrogen-bond donors (Lipinski definition) is 2. The highest BCUT2D eigenvalue weighted by atomic mass is 35.5. The fraction of sp³-hybridized carbons (Fsp3) is 0.429. The molecule has 3 rings (SSSR count). The van der Waals surface area contributed by atoms with Crippen LogP contribution in [-0.2, 0) is 20.9 Å². The molecule has 0 amide bonds. The molecule has 0 saturated carbocycles. The molecule has 0 spiro atoms. The predicted octanol–water partition coefficient (Wildman–Crippen LogP) is 3.51. The number of nitrogens with zero attached hydrogens (tertiary/aromatic N) is 2. The van der Waals surface area contributed by atoms with Crippen LogP contribution in [0.15, 0.2) is 48.7 Å². The molecule has 8 nitrogen and oxygen atoms in total. The van der Waals surface area contributed by atoms with Crippen molar-refractivity contribution in [2.24, 2.45) is 0 Å². The lowest BCUT2D eigenvalue weighted by Crippen LogP contribution is -2.38. The van der Waals surface area contributed by atoms with Crippen LogP contribution in [0.1, 0.15) is 43.0 Å². The lowest BCUT2D eigenvalue weighted by Gasteiger charge is -2.34. The highest BCUT2D eigenvalue weighted by Gasteiger charge is 2.25. The lowest BCUT2D eigenvalue weighted by molar-refractivity contribution is -0.137. The zero-order chi connectivity index (χ0) is 22.6. The summed E-state index contributed by atoms with van der Waals surface area (Å²) in [5, 5.41) is 9.47. The summed E-state index contributed by atoms with van der Waals surface area (Å²) < 4.78 is 30.6. The highest BCUT2D eigenvalue weighted by molar-refractivity contribution is 7.73. The number of aromatic nitrogens is 1. The van der Waals surface area contributed by atoms with Crippen LogP contribution in [0.5, 0.6) is 0 Å². The van der Waals surface area contributed by atoms with E-state index in [1.165, 1.54) is 0 Å². The van der Waals surface area contributed by atoms with E-state index in [2.05, 4.69) is 9.88 Å². The second kappa shape index (κ2) is 13.5. The van der Waals surface area contributed by atoms with Gasteiger partial charge in [0.2, 0.25) is 0 Å². The van der Waals surface area contributed by atoms with Crippen molar-refractivity contribution in [2.75, 3.05) is 19.6 Å². The Bertz CT molecular complexity index is 812. The number of likely N-dealkylation sites (tertiary alicyclic amines) is 1. The number of halogens is 1. The Balaban J connectivity index is 0.000000785. The molecule has 2 aromatic rings. The highest BCUT2D eigenvalue weighted by Crippen LogP contribution is 2.29. The minimum absolute atomic E-state index is 0.156. The fourth-order valence-corrected chi connectivity index (χ4v) is 3.53. The first-order chi connectivity index (χ1) is 14.8. The third-order valence-corrected chi connectivity index (χ3v) is 5.11. The molecule has 1 aliphatic heterocycles. The van der Waals surface area contributed by atoms with Crippen molar-refractivity contribution in [1.29, 1.82) is 0 Å². The topological polar surface area (TPSA) is 123 Å². The van der Waals surface area contributed by atoms with Gasteiger partial charge in [0.05, 0.1) is 23.2 Å². The monoisotopic (exact) mass is 469 g/mol. The van der Waals surface area contributed by atoms with E-state index in [4.69, 9.17) is 34.8 Å². The van der Waals surface area contributed by atoms with E-state index in [0.717, 1.165) is 43.7 Å². The van der Waals surface area contributed by atoms with Gasteiger partial charge in [0.1, 0.15) is 6.10 Å². The summed E-state index contributed by atoms with van der Waals surface area (Å²) in [7, 11) is 0. The minimum atomic E-state index is -2.86. The summed E-state index contributed by atoms with van der Waals surface area (Å²) in [5.41, 5.74) is 1.94. The van der Waals surface area contributed by atoms with Crippen molar-refractivity contribution in [3.8, 4) is 0 Å². The molecule has 1 aromatic heterocycles. The second-order valence-electron chi connectivity index (χ2n) is 7.08. The first-order valence-corrected chi connectivity index (χ1v) is 11.3. The maximum absolute atomic E-state index is 10.7. The Hall–Kier alpha value is -1.88. The van der Waals surface area contributed by atoms with Crippen LogP contribution in [0.3, 0.4) is 0 Å². The average molecular weight is 470 g/mol. The van der Waals surface area contributed by atoms with E-state index in [-0.39, 0.29) is 18.6 Å². The van der Waals surface area contributed by atoms with Crippen molar-refractivity contribution in [3.05, 3.63) is 64.9 Å². The molecule has 1 saturated heterocycles. The second-order valence-corrected chi connectivity index (χ2v) is 7.95. The van der Waals surface area contributed by atoms with Gasteiger partial charge in [-0.2, -0.15) is 0 Å². The van der Waals surface area contributed by atoms with E-state index in [9.17, 15) is 4.79 Å². The number of piperidine rings is 1. The maximum Gasteiger partial charge on any atom is 0.303 e. The Kier molecular flexibility index (Phi) is 11.1. The number of ether oxygens (including phenoxy) is 1. The zero-order valence-corrected chi connectivity index (χ0v) is 18.5. The van der Waals surface area contributed by atoms with E-state index < -0.39 is 17.3 Å². The Labute approximate surface area is 189 Å². The van der Waals surface area contributed by atoms with Crippen LogP contribution in [0, 0.1) is 0 Å². The first-order valence-electron chi connectivity index (χ1n) is 9.89. The van der Waals surface area contributed by atoms with Gasteiger partial charge in [-0.25, -0.2) is 4.21 Å². The molecule has 0 radical (unpaired) electrons. The van der Waals surface area contributed by atoms with Crippen LogP contribution in [-0.4, -0.2) is 60.0 Å². The van der Waals surface area contributed by atoms with Gasteiger partial charge in [-0.05, 0) is 55.6 Å². The predicted molar refractivity (Wildman–Crippen MR) is 116 cm³/mol. The summed E-state index contributed by atoms with van der Waals surface area (Å²) in [6.45, 7) is 2.69. The zero-order valence-electron chi connectivity index (χ0n) is 16.9. The van der Waals surface area contributed by atoms with Gasteiger partial charge >= 0.3 is 5.97 Å². The molecule has 1 aliphatic rings. The summed E-state index contributed by atoms with van der Waals surface area (Å²) in [5.74, 6) is -0.727. The Morgan fingerprint density at radius 3 is 2.45 bits per heavy atom. The Morgan fingerprint density at radius 1 is 1.26 bits per heavy atom. The number of benzene rings is 1. The normalized spacial score (nSPS) is 16.7. The number of pyridine rings is 1. The van der Waals surface area contributed by atoms with Crippen molar-refractivity contribution in [3.63, 3.8) is 0 Å². The molecule has 2 atom stereocenters. The third kappa shape index (κ3) is 9.86. The van der Waals surface area contributed by atoms with Gasteiger partial charge in [0.25, 0.3) is 0 Å². The van der Waals surface area contributed by atoms with Gasteiger partial charge in [-0.15, -0.1) is 0 Å².